The van der Waals surface area contributed by atoms with Gasteiger partial charge < -0.3 is 14.8 Å². The van der Waals surface area contributed by atoms with Crippen molar-refractivity contribution in [1.82, 2.24) is 5.32 Å². The molecule has 0 bridgehead atoms. The van der Waals surface area contributed by atoms with Gasteiger partial charge in [-0.25, -0.2) is 4.79 Å². The third kappa shape index (κ3) is 9.12. The molecule has 25 heavy (non-hydrogen) atoms. The second-order valence-electron chi connectivity index (χ2n) is 4.87. The first-order chi connectivity index (χ1) is 11.9. The van der Waals surface area contributed by atoms with Gasteiger partial charge in [0, 0.05) is 29.1 Å². The van der Waals surface area contributed by atoms with Crippen molar-refractivity contribution in [2.45, 2.75) is 19.8 Å². The molecule has 6 nitrogen and oxygen atoms in total. The molecule has 1 aromatic rings. The average molecular weight is 388 g/mol. The molecule has 0 saturated carbocycles. The van der Waals surface area contributed by atoms with Crippen LogP contribution in [0.5, 0.6) is 0 Å². The summed E-state index contributed by atoms with van der Waals surface area (Å²) < 4.78 is 9.57. The lowest BCUT2D eigenvalue weighted by atomic mass is 10.2. The zero-order valence-corrected chi connectivity index (χ0v) is 15.2. The molecule has 0 unspecified atom stereocenters. The Morgan fingerprint density at radius 3 is 2.64 bits per heavy atom. The second-order valence-corrected chi connectivity index (χ2v) is 5.71. The quantitative estimate of drug-likeness (QED) is 0.400. The van der Waals surface area contributed by atoms with Crippen LogP contribution in [0.15, 0.2) is 24.3 Å². The van der Waals surface area contributed by atoms with E-state index in [1.54, 1.807) is 25.1 Å². The molecule has 0 heterocycles. The Morgan fingerprint density at radius 2 is 1.96 bits per heavy atom. The monoisotopic (exact) mass is 387 g/mol. The summed E-state index contributed by atoms with van der Waals surface area (Å²) in [5.74, 6) is -1.43. The van der Waals surface area contributed by atoms with Crippen molar-refractivity contribution in [1.29, 1.82) is 0 Å². The van der Waals surface area contributed by atoms with Gasteiger partial charge in [0.25, 0.3) is 5.91 Å². The van der Waals surface area contributed by atoms with Crippen molar-refractivity contribution in [2.75, 3.05) is 19.8 Å². The van der Waals surface area contributed by atoms with Gasteiger partial charge in [0.05, 0.1) is 6.61 Å². The molecule has 0 aliphatic carbocycles. The fraction of sp³-hybridized carbons (Fsp3) is 0.353. The van der Waals surface area contributed by atoms with Gasteiger partial charge in [0.15, 0.2) is 6.61 Å². The van der Waals surface area contributed by atoms with E-state index in [4.69, 9.17) is 32.7 Å². The summed E-state index contributed by atoms with van der Waals surface area (Å²) in [4.78, 5) is 34.2. The lowest BCUT2D eigenvalue weighted by molar-refractivity contribution is -0.143. The molecule has 136 valence electrons. The van der Waals surface area contributed by atoms with Crippen LogP contribution >= 0.6 is 23.2 Å². The summed E-state index contributed by atoms with van der Waals surface area (Å²) >= 11 is 11.7. The molecule has 0 atom stereocenters. The lowest BCUT2D eigenvalue weighted by Crippen LogP contribution is -2.29. The first kappa shape index (κ1) is 21.0. The van der Waals surface area contributed by atoms with Gasteiger partial charge in [-0.05, 0) is 37.1 Å². The first-order valence-corrected chi connectivity index (χ1v) is 8.40. The molecule has 0 saturated heterocycles. The maximum Gasteiger partial charge on any atom is 0.331 e. The zero-order chi connectivity index (χ0) is 18.7. The first-order valence-electron chi connectivity index (χ1n) is 7.64. The van der Waals surface area contributed by atoms with Crippen LogP contribution < -0.4 is 5.32 Å². The maximum atomic E-state index is 11.6. The Kier molecular flexibility index (Phi) is 9.65. The molecule has 1 N–H and O–H groups in total. The zero-order valence-electron chi connectivity index (χ0n) is 13.7. The Morgan fingerprint density at radius 1 is 1.20 bits per heavy atom. The van der Waals surface area contributed by atoms with Crippen LogP contribution in [0.4, 0.5) is 0 Å². The highest BCUT2D eigenvalue weighted by Crippen LogP contribution is 2.21. The van der Waals surface area contributed by atoms with E-state index >= 15 is 0 Å². The van der Waals surface area contributed by atoms with E-state index in [9.17, 15) is 14.4 Å². The van der Waals surface area contributed by atoms with Crippen molar-refractivity contribution in [3.05, 3.63) is 39.9 Å². The summed E-state index contributed by atoms with van der Waals surface area (Å²) in [5.41, 5.74) is 0.603. The fourth-order valence-corrected chi connectivity index (χ4v) is 2.20. The predicted octanol–water partition coefficient (Wildman–Crippen LogP) is 3.01. The SMILES string of the molecule is CCOC(=O)CCCNC(=O)COC(=O)C=Cc1ccc(Cl)cc1Cl. The number of ether oxygens (including phenoxy) is 2. The molecular weight excluding hydrogens is 369 g/mol. The highest BCUT2D eigenvalue weighted by Gasteiger charge is 2.06. The van der Waals surface area contributed by atoms with Crippen molar-refractivity contribution < 1.29 is 23.9 Å². The van der Waals surface area contributed by atoms with Gasteiger partial charge in [0.1, 0.15) is 0 Å². The second kappa shape index (κ2) is 11.5. The number of halogens is 2. The van der Waals surface area contributed by atoms with Crippen LogP contribution in [0.2, 0.25) is 10.0 Å². The Bertz CT molecular complexity index is 646. The summed E-state index contributed by atoms with van der Waals surface area (Å²) in [5, 5.41) is 3.43. The number of nitrogens with one attached hydrogen (secondary N) is 1. The molecule has 0 radical (unpaired) electrons. The molecule has 0 aliphatic heterocycles. The normalized spacial score (nSPS) is 10.5. The molecular formula is C17H19Cl2NO5. The maximum absolute atomic E-state index is 11.6. The largest absolute Gasteiger partial charge is 0.466 e. The van der Waals surface area contributed by atoms with E-state index in [0.717, 1.165) is 0 Å². The van der Waals surface area contributed by atoms with E-state index in [-0.39, 0.29) is 12.4 Å². The topological polar surface area (TPSA) is 81.7 Å². The number of amides is 1. The van der Waals surface area contributed by atoms with Crippen molar-refractivity contribution in [3.8, 4) is 0 Å². The van der Waals surface area contributed by atoms with E-state index in [2.05, 4.69) is 5.32 Å². The smallest absolute Gasteiger partial charge is 0.331 e. The van der Waals surface area contributed by atoms with Crippen molar-refractivity contribution in [2.24, 2.45) is 0 Å². The molecule has 0 spiro atoms. The summed E-state index contributed by atoms with van der Waals surface area (Å²) in [7, 11) is 0. The molecule has 0 fully saturated rings. The van der Waals surface area contributed by atoms with E-state index in [1.165, 1.54) is 12.2 Å². The van der Waals surface area contributed by atoms with E-state index < -0.39 is 18.5 Å². The Labute approximate surface area is 156 Å². The Balaban J connectivity index is 2.25. The number of esters is 2. The third-order valence-corrected chi connectivity index (χ3v) is 3.45. The summed E-state index contributed by atoms with van der Waals surface area (Å²) in [6, 6.07) is 4.85. The minimum absolute atomic E-state index is 0.221. The minimum atomic E-state index is -0.673. The molecule has 1 aromatic carbocycles. The lowest BCUT2D eigenvalue weighted by Gasteiger charge is -2.05. The summed E-state index contributed by atoms with van der Waals surface area (Å²) in [6.07, 6.45) is 3.31. The van der Waals surface area contributed by atoms with Gasteiger partial charge in [-0.1, -0.05) is 29.3 Å². The number of carbonyl (C=O) groups is 3. The molecule has 1 amide bonds. The number of rotatable bonds is 9. The molecule has 0 aliphatic rings. The van der Waals surface area contributed by atoms with Crippen LogP contribution in [0, 0.1) is 0 Å². The van der Waals surface area contributed by atoms with Crippen LogP contribution in [-0.2, 0) is 23.9 Å². The van der Waals surface area contributed by atoms with Gasteiger partial charge >= 0.3 is 11.9 Å². The minimum Gasteiger partial charge on any atom is -0.466 e. The number of carbonyl (C=O) groups excluding carboxylic acids is 3. The number of hydrogen-bond acceptors (Lipinski definition) is 5. The van der Waals surface area contributed by atoms with Crippen LogP contribution in [0.25, 0.3) is 6.08 Å². The van der Waals surface area contributed by atoms with Crippen LogP contribution in [0.3, 0.4) is 0 Å². The molecule has 8 heteroatoms. The number of benzene rings is 1. The van der Waals surface area contributed by atoms with Crippen molar-refractivity contribution in [3.63, 3.8) is 0 Å². The summed E-state index contributed by atoms with van der Waals surface area (Å²) in [6.45, 7) is 1.95. The van der Waals surface area contributed by atoms with E-state index in [1.807, 2.05) is 0 Å². The Hall–Kier alpha value is -2.05. The van der Waals surface area contributed by atoms with E-state index in [0.29, 0.717) is 35.2 Å². The predicted molar refractivity (Wildman–Crippen MR) is 95.3 cm³/mol. The van der Waals surface area contributed by atoms with Gasteiger partial charge in [0.2, 0.25) is 0 Å². The third-order valence-electron chi connectivity index (χ3n) is 2.89. The highest BCUT2D eigenvalue weighted by molar-refractivity contribution is 6.35. The van der Waals surface area contributed by atoms with Gasteiger partial charge in [-0.3, -0.25) is 9.59 Å². The van der Waals surface area contributed by atoms with Gasteiger partial charge in [-0.2, -0.15) is 0 Å². The standard InChI is InChI=1S/C17H19Cl2NO5/c1-2-24-16(22)4-3-9-20-15(21)11-25-17(23)8-6-12-5-7-13(18)10-14(12)19/h5-8,10H,2-4,9,11H2,1H3,(H,20,21). The van der Waals surface area contributed by atoms with Crippen LogP contribution in [0.1, 0.15) is 25.3 Å². The van der Waals surface area contributed by atoms with Crippen LogP contribution in [-0.4, -0.2) is 37.6 Å². The fourth-order valence-electron chi connectivity index (χ4n) is 1.72. The molecule has 0 aromatic heterocycles. The molecule has 1 rings (SSSR count). The average Bonchev–Trinajstić information content (AvgIpc) is 2.56. The van der Waals surface area contributed by atoms with Gasteiger partial charge in [-0.15, -0.1) is 0 Å². The van der Waals surface area contributed by atoms with Crippen molar-refractivity contribution >= 4 is 47.1 Å². The highest BCUT2D eigenvalue weighted by atomic mass is 35.5. The number of hydrogen-bond donors (Lipinski definition) is 1.